The minimum absolute atomic E-state index is 0.0631. The van der Waals surface area contributed by atoms with Gasteiger partial charge >= 0.3 is 5.97 Å². The summed E-state index contributed by atoms with van der Waals surface area (Å²) >= 11 is 1.49. The Morgan fingerprint density at radius 2 is 2.10 bits per heavy atom. The van der Waals surface area contributed by atoms with Crippen molar-refractivity contribution in [3.8, 4) is 0 Å². The van der Waals surface area contributed by atoms with Crippen LogP contribution in [0, 0.1) is 10.8 Å². The molecular formula is C18H27N3O6S2. The van der Waals surface area contributed by atoms with Crippen molar-refractivity contribution < 1.29 is 28.2 Å². The number of aliphatic carboxylic acids is 1. The summed E-state index contributed by atoms with van der Waals surface area (Å²) in [7, 11) is -3.13. The Balaban J connectivity index is 1.55. The Labute approximate surface area is 174 Å². The molecule has 162 valence electrons. The first-order valence-electron chi connectivity index (χ1n) is 9.73. The average molecular weight is 446 g/mol. The number of carbonyl (C=O) groups excluding carboxylic acids is 1. The predicted octanol–water partition coefficient (Wildman–Crippen LogP) is -0.313. The van der Waals surface area contributed by atoms with Gasteiger partial charge in [0.1, 0.15) is 11.6 Å². The van der Waals surface area contributed by atoms with Crippen LogP contribution in [0.3, 0.4) is 0 Å². The van der Waals surface area contributed by atoms with Crippen LogP contribution in [-0.4, -0.2) is 77.6 Å². The number of amides is 1. The molecule has 0 radical (unpaired) electrons. The van der Waals surface area contributed by atoms with Crippen molar-refractivity contribution in [1.29, 1.82) is 0 Å². The molecule has 0 bridgehead atoms. The number of carbonyl (C=O) groups is 2. The van der Waals surface area contributed by atoms with Crippen molar-refractivity contribution in [2.75, 3.05) is 18.7 Å². The van der Waals surface area contributed by atoms with Crippen molar-refractivity contribution in [2.45, 2.75) is 56.7 Å². The van der Waals surface area contributed by atoms with E-state index in [1.54, 1.807) is 13.8 Å². The van der Waals surface area contributed by atoms with Crippen molar-refractivity contribution in [3.63, 3.8) is 0 Å². The first kappa shape index (κ1) is 21.1. The van der Waals surface area contributed by atoms with Crippen LogP contribution in [0.15, 0.2) is 10.6 Å². The minimum atomic E-state index is -3.13. The van der Waals surface area contributed by atoms with Gasteiger partial charge in [0.15, 0.2) is 9.84 Å². The molecule has 3 fully saturated rings. The third-order valence-electron chi connectivity index (χ3n) is 6.76. The van der Waals surface area contributed by atoms with Crippen molar-refractivity contribution in [1.82, 2.24) is 15.5 Å². The molecular weight excluding hydrogens is 418 g/mol. The first-order chi connectivity index (χ1) is 13.4. The van der Waals surface area contributed by atoms with Crippen LogP contribution in [0.4, 0.5) is 0 Å². The highest BCUT2D eigenvalue weighted by molar-refractivity contribution is 8.03. The largest absolute Gasteiger partial charge is 0.477 e. The van der Waals surface area contributed by atoms with Gasteiger partial charge in [0.25, 0.3) is 0 Å². The van der Waals surface area contributed by atoms with Crippen LogP contribution in [0.5, 0.6) is 0 Å². The van der Waals surface area contributed by atoms with E-state index < -0.39 is 27.3 Å². The van der Waals surface area contributed by atoms with Gasteiger partial charge in [-0.05, 0) is 33.1 Å². The number of sulfone groups is 1. The molecule has 11 heteroatoms. The van der Waals surface area contributed by atoms with Crippen LogP contribution >= 0.6 is 11.8 Å². The fourth-order valence-electron chi connectivity index (χ4n) is 5.00. The number of thioether (sulfide) groups is 1. The summed E-state index contributed by atoms with van der Waals surface area (Å²) in [4.78, 5) is 27.0. The number of hydrogen-bond acceptors (Lipinski definition) is 8. The van der Waals surface area contributed by atoms with E-state index >= 15 is 0 Å². The number of aliphatic hydroxyl groups excluding tert-OH is 1. The molecule has 0 aromatic rings. The van der Waals surface area contributed by atoms with E-state index in [0.717, 1.165) is 17.7 Å². The second-order valence-electron chi connectivity index (χ2n) is 8.89. The summed E-state index contributed by atoms with van der Waals surface area (Å²) in [5, 5.41) is 26.4. The number of fused-ring (bicyclic) bond motifs is 2. The number of nitrogens with zero attached hydrogens (tertiary/aromatic N) is 1. The third-order valence-corrected chi connectivity index (χ3v) is 8.98. The number of carboxylic acid groups (broad SMARTS) is 1. The van der Waals surface area contributed by atoms with E-state index in [9.17, 15) is 28.2 Å². The Morgan fingerprint density at radius 3 is 2.62 bits per heavy atom. The Morgan fingerprint density at radius 1 is 1.45 bits per heavy atom. The molecule has 9 nitrogen and oxygen atoms in total. The first-order valence-corrected chi connectivity index (χ1v) is 12.7. The zero-order chi connectivity index (χ0) is 21.4. The van der Waals surface area contributed by atoms with Gasteiger partial charge in [0, 0.05) is 28.4 Å². The smallest absolute Gasteiger partial charge is 0.353 e. The highest BCUT2D eigenvalue weighted by atomic mass is 32.2. The summed E-state index contributed by atoms with van der Waals surface area (Å²) in [6, 6.07) is -0.315. The number of hydrogen-bond donors (Lipinski definition) is 4. The van der Waals surface area contributed by atoms with Gasteiger partial charge in [-0.2, -0.15) is 0 Å². The lowest BCUT2D eigenvalue weighted by atomic mass is 9.64. The molecule has 0 aromatic heterocycles. The third kappa shape index (κ3) is 3.13. The van der Waals surface area contributed by atoms with E-state index in [0.29, 0.717) is 13.0 Å². The lowest BCUT2D eigenvalue weighted by molar-refractivity contribution is -0.182. The predicted molar refractivity (Wildman–Crippen MR) is 107 cm³/mol. The summed E-state index contributed by atoms with van der Waals surface area (Å²) in [6.07, 6.45) is 2.41. The number of aliphatic hydroxyl groups is 1. The summed E-state index contributed by atoms with van der Waals surface area (Å²) in [5.41, 5.74) is -1.28. The van der Waals surface area contributed by atoms with Crippen LogP contribution in [0.2, 0.25) is 0 Å². The molecule has 0 aromatic carbocycles. The number of β-lactam (4-membered cyclic amide) rings is 1. The molecule has 2 unspecified atom stereocenters. The topological polar surface area (TPSA) is 136 Å². The fourth-order valence-corrected chi connectivity index (χ4v) is 7.15. The molecule has 4 rings (SSSR count). The molecule has 2 saturated heterocycles. The lowest BCUT2D eigenvalue weighted by Crippen LogP contribution is -2.71. The van der Waals surface area contributed by atoms with Gasteiger partial charge in [0.2, 0.25) is 5.91 Å². The zero-order valence-corrected chi connectivity index (χ0v) is 18.3. The van der Waals surface area contributed by atoms with Gasteiger partial charge in [-0.15, -0.1) is 11.8 Å². The van der Waals surface area contributed by atoms with E-state index in [1.807, 2.05) is 0 Å². The fraction of sp³-hybridized carbons (Fsp3) is 0.778. The van der Waals surface area contributed by atoms with E-state index in [-0.39, 0.29) is 40.4 Å². The minimum Gasteiger partial charge on any atom is -0.477 e. The SMILES string of the molecule is C[C@@H](O)C1(C)C(=O)N2C(C(=O)O)=C(SC3CN[C@H](NCS(C)(=O)=O)C3)C3(CC3)[C@@H]21. The number of carboxylic acids is 1. The van der Waals surface area contributed by atoms with E-state index in [4.69, 9.17) is 0 Å². The Bertz CT molecular complexity index is 897. The number of rotatable bonds is 7. The van der Waals surface area contributed by atoms with E-state index in [1.165, 1.54) is 22.9 Å². The normalized spacial score (nSPS) is 36.3. The molecule has 4 aliphatic rings. The van der Waals surface area contributed by atoms with Gasteiger partial charge in [-0.25, -0.2) is 13.2 Å². The summed E-state index contributed by atoms with van der Waals surface area (Å²) in [5.74, 6) is -1.56. The molecule has 4 N–H and O–H groups in total. The monoisotopic (exact) mass is 445 g/mol. The van der Waals surface area contributed by atoms with Crippen LogP contribution in [0.1, 0.15) is 33.1 Å². The lowest BCUT2D eigenvalue weighted by Gasteiger charge is -2.55. The second-order valence-corrected chi connectivity index (χ2v) is 12.3. The zero-order valence-electron chi connectivity index (χ0n) is 16.6. The standard InChI is InChI=1S/C18H27N3O6S2/c1-9(22)17(2)15-18(4-5-18)13(12(14(23)24)21(15)16(17)25)28-10-6-11(19-7-10)20-8-29(3,26)27/h9-11,15,19-20,22H,4-8H2,1-3H3,(H,23,24)/t9-,10?,11-,15+,17?/m1/s1. The second kappa shape index (κ2) is 6.68. The average Bonchev–Trinajstić information content (AvgIpc) is 3.17. The molecule has 1 saturated carbocycles. The van der Waals surface area contributed by atoms with Gasteiger partial charge < -0.3 is 15.5 Å². The molecule has 1 spiro atoms. The van der Waals surface area contributed by atoms with Crippen LogP contribution in [0.25, 0.3) is 0 Å². The van der Waals surface area contributed by atoms with Crippen molar-refractivity contribution in [3.05, 3.63) is 10.6 Å². The van der Waals surface area contributed by atoms with Crippen molar-refractivity contribution in [2.24, 2.45) is 10.8 Å². The van der Waals surface area contributed by atoms with Gasteiger partial charge in [-0.1, -0.05) is 0 Å². The van der Waals surface area contributed by atoms with Crippen LogP contribution in [-0.2, 0) is 19.4 Å². The van der Waals surface area contributed by atoms with Crippen molar-refractivity contribution >= 4 is 33.5 Å². The highest BCUT2D eigenvalue weighted by Gasteiger charge is 2.77. The molecule has 5 atom stereocenters. The molecule has 1 amide bonds. The highest BCUT2D eigenvalue weighted by Crippen LogP contribution is 2.72. The summed E-state index contributed by atoms with van der Waals surface area (Å²) < 4.78 is 22.7. The van der Waals surface area contributed by atoms with Crippen LogP contribution < -0.4 is 10.6 Å². The van der Waals surface area contributed by atoms with Gasteiger partial charge in [0.05, 0.1) is 23.7 Å². The molecule has 29 heavy (non-hydrogen) atoms. The summed E-state index contributed by atoms with van der Waals surface area (Å²) in [6.45, 7) is 3.94. The molecule has 3 heterocycles. The Kier molecular flexibility index (Phi) is 4.86. The maximum absolute atomic E-state index is 12.8. The quantitative estimate of drug-likeness (QED) is 0.389. The maximum Gasteiger partial charge on any atom is 0.353 e. The molecule has 1 aliphatic carbocycles. The van der Waals surface area contributed by atoms with Gasteiger partial charge in [-0.3, -0.25) is 15.0 Å². The number of nitrogens with one attached hydrogen (secondary N) is 2. The Hall–Kier alpha value is -1.14. The maximum atomic E-state index is 12.8. The molecule has 3 aliphatic heterocycles. The van der Waals surface area contributed by atoms with E-state index in [2.05, 4.69) is 10.6 Å².